The van der Waals surface area contributed by atoms with Gasteiger partial charge in [-0.25, -0.2) is 5.14 Å². The van der Waals surface area contributed by atoms with Crippen molar-refractivity contribution in [2.24, 2.45) is 5.14 Å². The summed E-state index contributed by atoms with van der Waals surface area (Å²) in [6.45, 7) is 2.17. The van der Waals surface area contributed by atoms with Crippen LogP contribution >= 0.6 is 23.2 Å². The number of rotatable bonds is 4. The zero-order chi connectivity index (χ0) is 17.3. The SMILES string of the molecule is NS(=O)(=O)N1CCN(Cc2nnc(-c3ccc(Cl)cc3Cl)o2)CC1. The second-order valence-electron chi connectivity index (χ2n) is 5.35. The van der Waals surface area contributed by atoms with Gasteiger partial charge in [-0.1, -0.05) is 23.2 Å². The second-order valence-corrected chi connectivity index (χ2v) is 7.74. The van der Waals surface area contributed by atoms with Crippen LogP contribution in [-0.4, -0.2) is 54.0 Å². The van der Waals surface area contributed by atoms with Crippen molar-refractivity contribution in [2.45, 2.75) is 6.54 Å². The van der Waals surface area contributed by atoms with Gasteiger partial charge < -0.3 is 4.42 Å². The van der Waals surface area contributed by atoms with E-state index in [-0.39, 0.29) is 0 Å². The Morgan fingerprint density at radius 2 is 1.88 bits per heavy atom. The molecule has 0 radical (unpaired) electrons. The Balaban J connectivity index is 1.65. The van der Waals surface area contributed by atoms with Gasteiger partial charge in [0.25, 0.3) is 10.2 Å². The molecule has 8 nitrogen and oxygen atoms in total. The highest BCUT2D eigenvalue weighted by atomic mass is 35.5. The number of nitrogens with zero attached hydrogens (tertiary/aromatic N) is 4. The van der Waals surface area contributed by atoms with Crippen LogP contribution in [0.4, 0.5) is 0 Å². The fourth-order valence-electron chi connectivity index (χ4n) is 2.42. The van der Waals surface area contributed by atoms with Crippen molar-refractivity contribution in [3.8, 4) is 11.5 Å². The lowest BCUT2D eigenvalue weighted by Gasteiger charge is -2.31. The molecule has 1 aliphatic rings. The largest absolute Gasteiger partial charge is 0.419 e. The average molecular weight is 392 g/mol. The molecule has 1 aliphatic heterocycles. The molecule has 0 aliphatic carbocycles. The lowest BCUT2D eigenvalue weighted by Crippen LogP contribution is -2.50. The lowest BCUT2D eigenvalue weighted by molar-refractivity contribution is 0.168. The Kier molecular flexibility index (Phi) is 5.09. The van der Waals surface area contributed by atoms with E-state index in [0.717, 1.165) is 0 Å². The molecule has 2 N–H and O–H groups in total. The number of benzene rings is 1. The molecule has 1 aromatic carbocycles. The molecule has 3 rings (SSSR count). The van der Waals surface area contributed by atoms with Crippen molar-refractivity contribution in [2.75, 3.05) is 26.2 Å². The van der Waals surface area contributed by atoms with Gasteiger partial charge in [0, 0.05) is 31.2 Å². The zero-order valence-corrected chi connectivity index (χ0v) is 14.9. The molecule has 1 aromatic heterocycles. The van der Waals surface area contributed by atoms with Crippen LogP contribution in [-0.2, 0) is 16.8 Å². The van der Waals surface area contributed by atoms with Crippen molar-refractivity contribution in [1.82, 2.24) is 19.4 Å². The topological polar surface area (TPSA) is 106 Å². The summed E-state index contributed by atoms with van der Waals surface area (Å²) in [5.41, 5.74) is 0.610. The minimum atomic E-state index is -3.63. The summed E-state index contributed by atoms with van der Waals surface area (Å²) >= 11 is 12.0. The van der Waals surface area contributed by atoms with Gasteiger partial charge in [-0.3, -0.25) is 4.90 Å². The van der Waals surface area contributed by atoms with Crippen LogP contribution in [0.25, 0.3) is 11.5 Å². The second kappa shape index (κ2) is 6.95. The molecule has 0 unspecified atom stereocenters. The smallest absolute Gasteiger partial charge is 0.276 e. The van der Waals surface area contributed by atoms with Crippen LogP contribution in [0, 0.1) is 0 Å². The minimum Gasteiger partial charge on any atom is -0.419 e. The molecule has 0 atom stereocenters. The minimum absolute atomic E-state index is 0.315. The average Bonchev–Trinajstić information content (AvgIpc) is 2.95. The first-order valence-electron chi connectivity index (χ1n) is 7.11. The summed E-state index contributed by atoms with van der Waals surface area (Å²) in [4.78, 5) is 2.02. The number of hydrogen-bond donors (Lipinski definition) is 1. The van der Waals surface area contributed by atoms with Gasteiger partial charge in [0.15, 0.2) is 0 Å². The van der Waals surface area contributed by atoms with Crippen molar-refractivity contribution >= 4 is 33.4 Å². The number of hydrogen-bond acceptors (Lipinski definition) is 6. The van der Waals surface area contributed by atoms with E-state index in [9.17, 15) is 8.42 Å². The molecule has 2 aromatic rings. The molecule has 0 amide bonds. The van der Waals surface area contributed by atoms with Crippen LogP contribution in [0.15, 0.2) is 22.6 Å². The molecule has 1 saturated heterocycles. The van der Waals surface area contributed by atoms with E-state index in [4.69, 9.17) is 32.8 Å². The molecular weight excluding hydrogens is 377 g/mol. The van der Waals surface area contributed by atoms with Gasteiger partial charge in [-0.15, -0.1) is 10.2 Å². The number of nitrogens with two attached hydrogens (primary N) is 1. The maximum Gasteiger partial charge on any atom is 0.276 e. The Bertz CT molecular complexity index is 834. The lowest BCUT2D eigenvalue weighted by atomic mass is 10.2. The van der Waals surface area contributed by atoms with E-state index in [1.165, 1.54) is 4.31 Å². The Hall–Kier alpha value is -1.23. The highest BCUT2D eigenvalue weighted by Gasteiger charge is 2.25. The third kappa shape index (κ3) is 4.05. The van der Waals surface area contributed by atoms with Crippen LogP contribution in [0.5, 0.6) is 0 Å². The Morgan fingerprint density at radius 3 is 2.50 bits per heavy atom. The number of aromatic nitrogens is 2. The maximum atomic E-state index is 11.3. The zero-order valence-electron chi connectivity index (χ0n) is 12.5. The quantitative estimate of drug-likeness (QED) is 0.843. The summed E-state index contributed by atoms with van der Waals surface area (Å²) < 4.78 is 29.5. The molecule has 11 heteroatoms. The molecule has 0 bridgehead atoms. The van der Waals surface area contributed by atoms with Crippen molar-refractivity contribution in [3.63, 3.8) is 0 Å². The normalized spacial score (nSPS) is 17.3. The van der Waals surface area contributed by atoms with Crippen molar-refractivity contribution in [3.05, 3.63) is 34.1 Å². The van der Waals surface area contributed by atoms with E-state index < -0.39 is 10.2 Å². The Labute approximate surface area is 149 Å². The summed E-state index contributed by atoms with van der Waals surface area (Å²) in [7, 11) is -3.63. The van der Waals surface area contributed by atoms with Gasteiger partial charge in [0.2, 0.25) is 11.8 Å². The van der Waals surface area contributed by atoms with Crippen molar-refractivity contribution < 1.29 is 12.8 Å². The van der Waals surface area contributed by atoms with E-state index in [1.54, 1.807) is 18.2 Å². The molecule has 0 saturated carbocycles. The van der Waals surface area contributed by atoms with Gasteiger partial charge in [-0.05, 0) is 18.2 Å². The monoisotopic (exact) mass is 391 g/mol. The van der Waals surface area contributed by atoms with Crippen LogP contribution < -0.4 is 5.14 Å². The molecule has 2 heterocycles. The molecule has 24 heavy (non-hydrogen) atoms. The van der Waals surface area contributed by atoms with Gasteiger partial charge >= 0.3 is 0 Å². The molecule has 0 spiro atoms. The summed E-state index contributed by atoms with van der Waals surface area (Å²) in [5.74, 6) is 0.745. The van der Waals surface area contributed by atoms with Gasteiger partial charge in [0.1, 0.15) is 0 Å². The third-order valence-corrected chi connectivity index (χ3v) is 5.31. The predicted molar refractivity (Wildman–Crippen MR) is 89.7 cm³/mol. The number of halogens is 2. The van der Waals surface area contributed by atoms with Crippen LogP contribution in [0.2, 0.25) is 10.0 Å². The van der Waals surface area contributed by atoms with E-state index in [1.807, 2.05) is 4.90 Å². The maximum absolute atomic E-state index is 11.3. The number of piperazine rings is 1. The summed E-state index contributed by atoms with van der Waals surface area (Å²) in [6, 6.07) is 5.01. The molecule has 1 fully saturated rings. The first kappa shape index (κ1) is 17.6. The third-order valence-electron chi connectivity index (χ3n) is 3.68. The highest BCUT2D eigenvalue weighted by molar-refractivity contribution is 7.86. The molecular formula is C13H15Cl2N5O3S. The summed E-state index contributed by atoms with van der Waals surface area (Å²) in [5, 5.41) is 14.1. The first-order chi connectivity index (χ1) is 11.3. The van der Waals surface area contributed by atoms with E-state index in [2.05, 4.69) is 10.2 Å². The van der Waals surface area contributed by atoms with Gasteiger partial charge in [-0.2, -0.15) is 12.7 Å². The Morgan fingerprint density at radius 1 is 1.17 bits per heavy atom. The standard InChI is InChI=1S/C13H15Cl2N5O3S/c14-9-1-2-10(11(15)7-9)13-18-17-12(23-13)8-19-3-5-20(6-4-19)24(16,21)22/h1-2,7H,3-6,8H2,(H2,16,21,22). The fraction of sp³-hybridized carbons (Fsp3) is 0.385. The van der Waals surface area contributed by atoms with Gasteiger partial charge in [0.05, 0.1) is 17.1 Å². The van der Waals surface area contributed by atoms with E-state index in [0.29, 0.717) is 60.1 Å². The molecule has 130 valence electrons. The fourth-order valence-corrected chi connectivity index (χ4v) is 3.58. The van der Waals surface area contributed by atoms with E-state index >= 15 is 0 Å². The first-order valence-corrected chi connectivity index (χ1v) is 9.37. The van der Waals surface area contributed by atoms with Crippen LogP contribution in [0.1, 0.15) is 5.89 Å². The highest BCUT2D eigenvalue weighted by Crippen LogP contribution is 2.29. The summed E-state index contributed by atoms with van der Waals surface area (Å²) in [6.07, 6.45) is 0. The predicted octanol–water partition coefficient (Wildman–Crippen LogP) is 1.36. The van der Waals surface area contributed by atoms with Crippen LogP contribution in [0.3, 0.4) is 0 Å². The van der Waals surface area contributed by atoms with Crippen molar-refractivity contribution in [1.29, 1.82) is 0 Å².